The van der Waals surface area contributed by atoms with Gasteiger partial charge in [-0.15, -0.1) is 0 Å². The third-order valence-electron chi connectivity index (χ3n) is 5.01. The first-order valence-electron chi connectivity index (χ1n) is 11.9. The van der Waals surface area contributed by atoms with Crippen LogP contribution in [-0.2, 0) is 9.09 Å². The monoisotopic (exact) mass is 432 g/mol. The van der Waals surface area contributed by atoms with Gasteiger partial charge in [0.15, 0.2) is 0 Å². The Morgan fingerprint density at radius 3 is 1.83 bits per heavy atom. The van der Waals surface area contributed by atoms with E-state index in [1.54, 1.807) is 0 Å². The van der Waals surface area contributed by atoms with Crippen LogP contribution in [0.2, 0.25) is 0 Å². The maximum Gasteiger partial charge on any atom is 0.204 e. The molecule has 0 saturated heterocycles. The van der Waals surface area contributed by atoms with Crippen LogP contribution in [-0.4, -0.2) is 45.3 Å². The maximum absolute atomic E-state index is 11.8. The molecule has 1 atom stereocenters. The largest absolute Gasteiger partial charge is 0.766 e. The number of likely N-dealkylation sites (N-methyl/N-ethyl adjacent to an activating group) is 1. The number of quaternary nitrogens is 1. The molecule has 1 N–H and O–H groups in total. The molecule has 0 aromatic carbocycles. The quantitative estimate of drug-likeness (QED) is 0.108. The number of rotatable bonds is 21. The normalized spacial score (nSPS) is 14.5. The third kappa shape index (κ3) is 24.0. The molecule has 0 bridgehead atoms. The minimum atomic E-state index is -3.89. The fourth-order valence-corrected chi connectivity index (χ4v) is 3.94. The number of hydrogen-bond donors (Lipinski definition) is 1. The van der Waals surface area contributed by atoms with Gasteiger partial charge in [0.2, 0.25) is 7.75 Å². The van der Waals surface area contributed by atoms with E-state index >= 15 is 0 Å². The van der Waals surface area contributed by atoms with E-state index < -0.39 is 7.75 Å². The highest BCUT2D eigenvalue weighted by atomic mass is 31.2. The molecule has 29 heavy (non-hydrogen) atoms. The predicted octanol–water partition coefficient (Wildman–Crippen LogP) is 5.80. The first kappa shape index (κ1) is 28.8. The summed E-state index contributed by atoms with van der Waals surface area (Å²) in [5.41, 5.74) is 0. The van der Waals surface area contributed by atoms with Crippen LogP contribution < -0.4 is 9.98 Å². The molecular weight excluding hydrogens is 383 g/mol. The van der Waals surface area contributed by atoms with Crippen molar-refractivity contribution in [2.75, 3.05) is 40.8 Å². The molecule has 0 aliphatic rings. The van der Waals surface area contributed by atoms with Crippen LogP contribution >= 0.6 is 7.75 Å². The Morgan fingerprint density at radius 2 is 1.31 bits per heavy atom. The maximum atomic E-state index is 11.8. The molecule has 6 heteroatoms. The standard InChI is InChI=1S/C23H49N2O3P/c1-5-6-7-8-9-10-11-12-13-14-15-16-17-18-19-20-23-28-29(26,27)24-21-22-25(2,3)4/h13-14H,5-12,15-23H2,1-4H3,(H-,24,26,27)/b14-13+. The average molecular weight is 433 g/mol. The van der Waals surface area contributed by atoms with Crippen LogP contribution in [0.3, 0.4) is 0 Å². The summed E-state index contributed by atoms with van der Waals surface area (Å²) in [6.07, 6.45) is 22.1. The highest BCUT2D eigenvalue weighted by molar-refractivity contribution is 7.49. The molecule has 0 radical (unpaired) electrons. The van der Waals surface area contributed by atoms with E-state index in [0.717, 1.165) is 30.3 Å². The fourth-order valence-electron chi connectivity index (χ4n) is 3.10. The molecule has 5 nitrogen and oxygen atoms in total. The van der Waals surface area contributed by atoms with E-state index in [2.05, 4.69) is 24.2 Å². The zero-order valence-corrected chi connectivity index (χ0v) is 20.7. The first-order chi connectivity index (χ1) is 13.8. The smallest absolute Gasteiger partial charge is 0.204 e. The van der Waals surface area contributed by atoms with Gasteiger partial charge in [-0.1, -0.05) is 76.9 Å². The summed E-state index contributed by atoms with van der Waals surface area (Å²) in [6, 6.07) is 0. The lowest BCUT2D eigenvalue weighted by atomic mass is 10.1. The fraction of sp³-hybridized carbons (Fsp3) is 0.913. The van der Waals surface area contributed by atoms with Crippen molar-refractivity contribution in [2.24, 2.45) is 0 Å². The summed E-state index contributed by atoms with van der Waals surface area (Å²) in [4.78, 5) is 11.8. The lowest BCUT2D eigenvalue weighted by Crippen LogP contribution is -2.40. The molecule has 0 amide bonds. The number of nitrogens with zero attached hydrogens (tertiary/aromatic N) is 1. The molecule has 0 saturated carbocycles. The van der Waals surface area contributed by atoms with Crippen molar-refractivity contribution < 1.29 is 18.5 Å². The Bertz CT molecular complexity index is 436. The topological polar surface area (TPSA) is 61.4 Å². The second-order valence-corrected chi connectivity index (χ2v) is 10.8. The van der Waals surface area contributed by atoms with E-state index in [1.807, 2.05) is 21.1 Å². The summed E-state index contributed by atoms with van der Waals surface area (Å²) >= 11 is 0. The highest BCUT2D eigenvalue weighted by Crippen LogP contribution is 2.31. The van der Waals surface area contributed by atoms with Crippen molar-refractivity contribution in [1.29, 1.82) is 0 Å². The van der Waals surface area contributed by atoms with Gasteiger partial charge >= 0.3 is 0 Å². The molecule has 0 aromatic heterocycles. The summed E-state index contributed by atoms with van der Waals surface area (Å²) in [6.45, 7) is 3.70. The van der Waals surface area contributed by atoms with Crippen LogP contribution in [0, 0.1) is 0 Å². The Kier molecular flexibility index (Phi) is 18.4. The van der Waals surface area contributed by atoms with Gasteiger partial charge in [-0.2, -0.15) is 0 Å². The predicted molar refractivity (Wildman–Crippen MR) is 124 cm³/mol. The second-order valence-electron chi connectivity index (χ2n) is 9.19. The highest BCUT2D eigenvalue weighted by Gasteiger charge is 2.11. The molecule has 0 aromatic rings. The van der Waals surface area contributed by atoms with Crippen molar-refractivity contribution in [2.45, 2.75) is 96.8 Å². The number of hydrogen-bond acceptors (Lipinski definition) is 3. The molecule has 0 aliphatic heterocycles. The van der Waals surface area contributed by atoms with Crippen molar-refractivity contribution >= 4 is 7.75 Å². The minimum absolute atomic E-state index is 0.288. The van der Waals surface area contributed by atoms with Crippen molar-refractivity contribution in [1.82, 2.24) is 5.09 Å². The summed E-state index contributed by atoms with van der Waals surface area (Å²) in [7, 11) is 2.21. The van der Waals surface area contributed by atoms with Crippen LogP contribution in [0.15, 0.2) is 12.2 Å². The lowest BCUT2D eigenvalue weighted by Gasteiger charge is -2.28. The lowest BCUT2D eigenvalue weighted by molar-refractivity contribution is -0.869. The molecule has 0 aliphatic carbocycles. The molecule has 0 rings (SSSR count). The minimum Gasteiger partial charge on any atom is -0.766 e. The number of unbranched alkanes of at least 4 members (excludes halogenated alkanes) is 12. The molecule has 0 heterocycles. The van der Waals surface area contributed by atoms with Gasteiger partial charge in [0.1, 0.15) is 0 Å². The summed E-state index contributed by atoms with van der Waals surface area (Å²) < 4.78 is 17.5. The molecule has 1 unspecified atom stereocenters. The molecule has 0 spiro atoms. The Balaban J connectivity index is 3.37. The summed E-state index contributed by atoms with van der Waals surface area (Å²) in [5.74, 6) is 0. The second kappa shape index (κ2) is 18.6. The molecule has 0 fully saturated rings. The number of nitrogens with one attached hydrogen (secondary N) is 1. The van der Waals surface area contributed by atoms with E-state index in [0.29, 0.717) is 6.54 Å². The van der Waals surface area contributed by atoms with Crippen LogP contribution in [0.1, 0.15) is 96.8 Å². The Hall–Kier alpha value is -0.190. The van der Waals surface area contributed by atoms with E-state index in [-0.39, 0.29) is 6.61 Å². The van der Waals surface area contributed by atoms with E-state index in [4.69, 9.17) is 4.52 Å². The van der Waals surface area contributed by atoms with Gasteiger partial charge in [0, 0.05) is 0 Å². The Labute approximate surface area is 181 Å². The molecule has 174 valence electrons. The zero-order valence-electron chi connectivity index (χ0n) is 19.8. The first-order valence-corrected chi connectivity index (χ1v) is 13.5. The third-order valence-corrected chi connectivity index (χ3v) is 6.14. The van der Waals surface area contributed by atoms with Gasteiger partial charge < -0.3 is 13.9 Å². The van der Waals surface area contributed by atoms with Crippen molar-refractivity contribution in [3.8, 4) is 0 Å². The molecular formula is C23H49N2O3P. The van der Waals surface area contributed by atoms with Gasteiger partial charge in [-0.05, 0) is 32.1 Å². The zero-order chi connectivity index (χ0) is 21.8. The Morgan fingerprint density at radius 1 is 0.828 bits per heavy atom. The van der Waals surface area contributed by atoms with Crippen molar-refractivity contribution in [3.63, 3.8) is 0 Å². The summed E-state index contributed by atoms with van der Waals surface area (Å²) in [5, 5.41) is 2.52. The van der Waals surface area contributed by atoms with E-state index in [9.17, 15) is 9.46 Å². The van der Waals surface area contributed by atoms with Gasteiger partial charge in [0.05, 0.1) is 40.8 Å². The van der Waals surface area contributed by atoms with Crippen LogP contribution in [0.4, 0.5) is 0 Å². The van der Waals surface area contributed by atoms with Gasteiger partial charge in [-0.3, -0.25) is 9.65 Å². The van der Waals surface area contributed by atoms with Crippen LogP contribution in [0.5, 0.6) is 0 Å². The van der Waals surface area contributed by atoms with Crippen molar-refractivity contribution in [3.05, 3.63) is 12.2 Å². The van der Waals surface area contributed by atoms with Crippen LogP contribution in [0.25, 0.3) is 0 Å². The van der Waals surface area contributed by atoms with Gasteiger partial charge in [0.25, 0.3) is 0 Å². The number of allylic oxidation sites excluding steroid dienone is 2. The van der Waals surface area contributed by atoms with E-state index in [1.165, 1.54) is 70.6 Å². The SMILES string of the molecule is CCCCCCCCC/C=C/CCCCCCCOP(=O)([O-])NCC[N+](C)(C)C. The average Bonchev–Trinajstić information content (AvgIpc) is 2.63. The van der Waals surface area contributed by atoms with Gasteiger partial charge in [-0.25, -0.2) is 0 Å².